The third-order valence-corrected chi connectivity index (χ3v) is 2.19. The first-order chi connectivity index (χ1) is 7.91. The summed E-state index contributed by atoms with van der Waals surface area (Å²) in [6.45, 7) is 1.12. The number of ketones is 1. The summed E-state index contributed by atoms with van der Waals surface area (Å²) in [5, 5.41) is 0. The highest BCUT2D eigenvalue weighted by atomic mass is 19.1. The lowest BCUT2D eigenvalue weighted by molar-refractivity contribution is -0.130. The van der Waals surface area contributed by atoms with Crippen LogP contribution in [0.2, 0.25) is 0 Å². The first-order valence-electron chi connectivity index (χ1n) is 5.05. The Kier molecular flexibility index (Phi) is 4.20. The molecule has 17 heavy (non-hydrogen) atoms. The molecule has 1 amide bonds. The minimum absolute atomic E-state index is 0.0369. The zero-order chi connectivity index (χ0) is 13.0. The number of halogens is 1. The number of carbonyl (C=O) groups is 2. The van der Waals surface area contributed by atoms with Crippen molar-refractivity contribution in [2.24, 2.45) is 0 Å². The largest absolute Gasteiger partial charge is 0.481 e. The van der Waals surface area contributed by atoms with E-state index in [0.29, 0.717) is 0 Å². The Morgan fingerprint density at radius 3 is 2.47 bits per heavy atom. The highest BCUT2D eigenvalue weighted by molar-refractivity contribution is 5.94. The van der Waals surface area contributed by atoms with Gasteiger partial charge in [0.2, 0.25) is 0 Å². The summed E-state index contributed by atoms with van der Waals surface area (Å²) in [4.78, 5) is 23.6. The molecule has 0 unspecified atom stereocenters. The van der Waals surface area contributed by atoms with Crippen molar-refractivity contribution in [1.82, 2.24) is 4.90 Å². The summed E-state index contributed by atoms with van der Waals surface area (Å²) in [5.74, 6) is -1.17. The van der Waals surface area contributed by atoms with Crippen molar-refractivity contribution in [3.05, 3.63) is 29.6 Å². The number of hydrogen-bond acceptors (Lipinski definition) is 3. The molecule has 0 fully saturated rings. The second-order valence-electron chi connectivity index (χ2n) is 3.78. The van der Waals surface area contributed by atoms with Gasteiger partial charge in [0.1, 0.15) is 0 Å². The zero-order valence-electron chi connectivity index (χ0n) is 9.99. The predicted molar refractivity (Wildman–Crippen MR) is 60.6 cm³/mol. The van der Waals surface area contributed by atoms with Gasteiger partial charge >= 0.3 is 0 Å². The number of rotatable bonds is 4. The highest BCUT2D eigenvalue weighted by Gasteiger charge is 2.10. The molecule has 0 aliphatic carbocycles. The van der Waals surface area contributed by atoms with Crippen LogP contribution in [-0.2, 0) is 4.79 Å². The molecule has 5 heteroatoms. The van der Waals surface area contributed by atoms with E-state index >= 15 is 0 Å². The van der Waals surface area contributed by atoms with Gasteiger partial charge in [-0.25, -0.2) is 4.39 Å². The molecule has 0 saturated carbocycles. The standard InChI is InChI=1S/C12H14FNO3/c1-8(15)9-4-5-11(10(13)6-9)17-7-12(16)14(2)3/h4-6H,7H2,1-3H3. The van der Waals surface area contributed by atoms with E-state index in [9.17, 15) is 14.0 Å². The molecule has 0 heterocycles. The number of carbonyl (C=O) groups excluding carboxylic acids is 2. The van der Waals surface area contributed by atoms with Gasteiger partial charge < -0.3 is 9.64 Å². The van der Waals surface area contributed by atoms with Gasteiger partial charge in [-0.05, 0) is 25.1 Å². The Morgan fingerprint density at radius 1 is 1.35 bits per heavy atom. The third-order valence-electron chi connectivity index (χ3n) is 2.19. The molecule has 0 bridgehead atoms. The molecule has 0 saturated heterocycles. The molecule has 0 N–H and O–H groups in total. The summed E-state index contributed by atoms with van der Waals surface area (Å²) >= 11 is 0. The van der Waals surface area contributed by atoms with Crippen LogP contribution in [0.15, 0.2) is 18.2 Å². The molecule has 1 aromatic carbocycles. The monoisotopic (exact) mass is 239 g/mol. The highest BCUT2D eigenvalue weighted by Crippen LogP contribution is 2.18. The zero-order valence-corrected chi connectivity index (χ0v) is 9.99. The van der Waals surface area contributed by atoms with Crippen molar-refractivity contribution in [2.75, 3.05) is 20.7 Å². The average Bonchev–Trinajstić information content (AvgIpc) is 2.26. The van der Waals surface area contributed by atoms with Crippen LogP contribution in [0.3, 0.4) is 0 Å². The van der Waals surface area contributed by atoms with E-state index in [0.717, 1.165) is 6.07 Å². The van der Waals surface area contributed by atoms with E-state index in [-0.39, 0.29) is 29.6 Å². The lowest BCUT2D eigenvalue weighted by Gasteiger charge is -2.11. The SMILES string of the molecule is CC(=O)c1ccc(OCC(=O)N(C)C)c(F)c1. The summed E-state index contributed by atoms with van der Waals surface area (Å²) in [6.07, 6.45) is 0. The fourth-order valence-corrected chi connectivity index (χ4v) is 1.11. The molecule has 1 aromatic rings. The van der Waals surface area contributed by atoms with Crippen LogP contribution < -0.4 is 4.74 Å². The minimum atomic E-state index is -0.649. The topological polar surface area (TPSA) is 46.6 Å². The first-order valence-corrected chi connectivity index (χ1v) is 5.05. The van der Waals surface area contributed by atoms with Crippen LogP contribution in [0.1, 0.15) is 17.3 Å². The van der Waals surface area contributed by atoms with Crippen LogP contribution in [0, 0.1) is 5.82 Å². The van der Waals surface area contributed by atoms with Crippen molar-refractivity contribution in [3.63, 3.8) is 0 Å². The van der Waals surface area contributed by atoms with E-state index in [2.05, 4.69) is 0 Å². The second kappa shape index (κ2) is 5.43. The average molecular weight is 239 g/mol. The molecule has 4 nitrogen and oxygen atoms in total. The lowest BCUT2D eigenvalue weighted by Crippen LogP contribution is -2.27. The molecule has 0 spiro atoms. The summed E-state index contributed by atoms with van der Waals surface area (Å²) < 4.78 is 18.5. The second-order valence-corrected chi connectivity index (χ2v) is 3.78. The number of Topliss-reactive ketones (excluding diaryl/α,β-unsaturated/α-hetero) is 1. The number of hydrogen-bond donors (Lipinski definition) is 0. The summed E-state index contributed by atoms with van der Waals surface area (Å²) in [5.41, 5.74) is 0.272. The van der Waals surface area contributed by atoms with Gasteiger partial charge in [-0.1, -0.05) is 0 Å². The van der Waals surface area contributed by atoms with Crippen molar-refractivity contribution in [3.8, 4) is 5.75 Å². The smallest absolute Gasteiger partial charge is 0.259 e. The Labute approximate surface area is 99.0 Å². The summed E-state index contributed by atoms with van der Waals surface area (Å²) in [7, 11) is 3.17. The van der Waals surface area contributed by atoms with Crippen LogP contribution in [-0.4, -0.2) is 37.3 Å². The van der Waals surface area contributed by atoms with E-state index in [1.807, 2.05) is 0 Å². The fraction of sp³-hybridized carbons (Fsp3) is 0.333. The van der Waals surface area contributed by atoms with E-state index < -0.39 is 5.82 Å². The molecule has 0 aliphatic rings. The van der Waals surface area contributed by atoms with Gasteiger partial charge in [0.15, 0.2) is 24.0 Å². The molecular formula is C12H14FNO3. The molecular weight excluding hydrogens is 225 g/mol. The molecule has 92 valence electrons. The maximum absolute atomic E-state index is 13.5. The Morgan fingerprint density at radius 2 is 2.00 bits per heavy atom. The van der Waals surface area contributed by atoms with Crippen LogP contribution in [0.25, 0.3) is 0 Å². The predicted octanol–water partition coefficient (Wildman–Crippen LogP) is 1.50. The lowest BCUT2D eigenvalue weighted by atomic mass is 10.1. The van der Waals surface area contributed by atoms with Crippen molar-refractivity contribution in [1.29, 1.82) is 0 Å². The quantitative estimate of drug-likeness (QED) is 0.748. The van der Waals surface area contributed by atoms with Gasteiger partial charge in [-0.3, -0.25) is 9.59 Å². The van der Waals surface area contributed by atoms with Crippen molar-refractivity contribution < 1.29 is 18.7 Å². The Balaban J connectivity index is 2.73. The number of nitrogens with zero attached hydrogens (tertiary/aromatic N) is 1. The van der Waals surface area contributed by atoms with Crippen molar-refractivity contribution in [2.45, 2.75) is 6.92 Å². The van der Waals surface area contributed by atoms with Gasteiger partial charge in [-0.15, -0.1) is 0 Å². The van der Waals surface area contributed by atoms with Crippen LogP contribution in [0.5, 0.6) is 5.75 Å². The Hall–Kier alpha value is -1.91. The maximum Gasteiger partial charge on any atom is 0.259 e. The normalized spacial score (nSPS) is 9.88. The van der Waals surface area contributed by atoms with Crippen molar-refractivity contribution >= 4 is 11.7 Å². The van der Waals surface area contributed by atoms with Gasteiger partial charge in [0.25, 0.3) is 5.91 Å². The van der Waals surface area contributed by atoms with Gasteiger partial charge in [0, 0.05) is 19.7 Å². The minimum Gasteiger partial charge on any atom is -0.481 e. The van der Waals surface area contributed by atoms with E-state index in [1.165, 1.54) is 24.0 Å². The number of likely N-dealkylation sites (N-methyl/N-ethyl adjacent to an activating group) is 1. The molecule has 0 aromatic heterocycles. The first kappa shape index (κ1) is 13.2. The van der Waals surface area contributed by atoms with Crippen LogP contribution >= 0.6 is 0 Å². The molecule has 0 aliphatic heterocycles. The van der Waals surface area contributed by atoms with E-state index in [1.54, 1.807) is 14.1 Å². The fourth-order valence-electron chi connectivity index (χ4n) is 1.11. The molecule has 1 rings (SSSR count). The van der Waals surface area contributed by atoms with Crippen LogP contribution in [0.4, 0.5) is 4.39 Å². The third kappa shape index (κ3) is 3.55. The number of benzene rings is 1. The molecule has 0 radical (unpaired) electrons. The maximum atomic E-state index is 13.5. The number of amides is 1. The molecule has 0 atom stereocenters. The summed E-state index contributed by atoms with van der Waals surface area (Å²) in [6, 6.07) is 3.90. The van der Waals surface area contributed by atoms with Gasteiger partial charge in [0.05, 0.1) is 0 Å². The number of ether oxygens (including phenoxy) is 1. The van der Waals surface area contributed by atoms with E-state index in [4.69, 9.17) is 4.74 Å². The Bertz CT molecular complexity index is 443. The van der Waals surface area contributed by atoms with Gasteiger partial charge in [-0.2, -0.15) is 0 Å².